The fraction of sp³-hybridized carbons (Fsp3) is 0.605. The van der Waals surface area contributed by atoms with Crippen molar-refractivity contribution in [3.63, 3.8) is 0 Å². The molecule has 17 heteroatoms. The predicted molar refractivity (Wildman–Crippen MR) is 213 cm³/mol. The minimum absolute atomic E-state index is 0.108. The Balaban J connectivity index is 1.09. The zero-order chi connectivity index (χ0) is 39.8. The Bertz CT molecular complexity index is 1640. The summed E-state index contributed by atoms with van der Waals surface area (Å²) in [5, 5.41) is 59.2. The van der Waals surface area contributed by atoms with E-state index in [0.717, 1.165) is 46.8 Å². The van der Waals surface area contributed by atoms with Crippen molar-refractivity contribution in [1.82, 2.24) is 14.7 Å². The number of hydrogen-bond acceptors (Lipinski definition) is 12. The third kappa shape index (κ3) is 11.5. The minimum Gasteiger partial charge on any atom is -0.480 e. The number of benzene rings is 2. The third-order valence-corrected chi connectivity index (χ3v) is 12.3. The lowest BCUT2D eigenvalue weighted by Gasteiger charge is -2.39. The number of halogens is 2. The van der Waals surface area contributed by atoms with Gasteiger partial charge in [-0.05, 0) is 74.0 Å². The fourth-order valence-electron chi connectivity index (χ4n) is 7.18. The highest BCUT2D eigenvalue weighted by atomic mass is 35.5. The first-order valence-corrected chi connectivity index (χ1v) is 20.7. The van der Waals surface area contributed by atoms with Crippen molar-refractivity contribution < 1.29 is 45.0 Å². The maximum absolute atomic E-state index is 14.0. The number of fused-ring (bicyclic) bond motifs is 1. The lowest BCUT2D eigenvalue weighted by atomic mass is 10.0. The number of carbonyl (C=O) groups excluding carboxylic acids is 2. The van der Waals surface area contributed by atoms with Gasteiger partial charge in [0, 0.05) is 60.9 Å². The van der Waals surface area contributed by atoms with Crippen molar-refractivity contribution in [2.24, 2.45) is 0 Å². The molecule has 2 aromatic rings. The van der Waals surface area contributed by atoms with Crippen molar-refractivity contribution >= 4 is 64.1 Å². The van der Waals surface area contributed by atoms with Crippen LogP contribution in [0.1, 0.15) is 43.2 Å². The summed E-state index contributed by atoms with van der Waals surface area (Å²) in [6.45, 7) is 0.481. The van der Waals surface area contributed by atoms with E-state index in [9.17, 15) is 39.9 Å². The highest BCUT2D eigenvalue weighted by molar-refractivity contribution is 7.99. The first-order chi connectivity index (χ1) is 26.3. The molecule has 55 heavy (non-hydrogen) atoms. The van der Waals surface area contributed by atoms with Gasteiger partial charge in [0.05, 0.1) is 37.1 Å². The molecule has 1 aliphatic carbocycles. The molecule has 0 bridgehead atoms. The van der Waals surface area contributed by atoms with E-state index in [4.69, 9.17) is 28.3 Å². The summed E-state index contributed by atoms with van der Waals surface area (Å²) < 4.78 is 0. The average Bonchev–Trinajstić information content (AvgIpc) is 3.91. The van der Waals surface area contributed by atoms with Gasteiger partial charge in [0.15, 0.2) is 0 Å². The number of anilines is 2. The van der Waals surface area contributed by atoms with Crippen LogP contribution in [0.4, 0.5) is 11.4 Å². The van der Waals surface area contributed by atoms with Gasteiger partial charge in [-0.3, -0.25) is 24.2 Å². The van der Waals surface area contributed by atoms with Crippen LogP contribution in [0, 0.1) is 0 Å². The van der Waals surface area contributed by atoms with Gasteiger partial charge in [-0.15, -0.1) is 11.8 Å². The van der Waals surface area contributed by atoms with E-state index in [-0.39, 0.29) is 31.6 Å². The maximum atomic E-state index is 14.0. The molecule has 0 spiro atoms. The molecule has 1 saturated carbocycles. The second-order valence-electron chi connectivity index (χ2n) is 14.7. The van der Waals surface area contributed by atoms with Gasteiger partial charge in [-0.25, -0.2) is 0 Å². The number of likely N-dealkylation sites (N-methyl/N-ethyl adjacent to an activating group) is 1. The van der Waals surface area contributed by atoms with Crippen LogP contribution in [-0.2, 0) is 27.3 Å². The highest BCUT2D eigenvalue weighted by Gasteiger charge is 2.40. The van der Waals surface area contributed by atoms with Gasteiger partial charge >= 0.3 is 5.97 Å². The number of carboxylic acids is 1. The van der Waals surface area contributed by atoms with Crippen LogP contribution < -0.4 is 9.80 Å². The summed E-state index contributed by atoms with van der Waals surface area (Å²) in [6.07, 6.45) is -1.82. The number of nitrogens with zero attached hydrogens (tertiary/aromatic N) is 5. The van der Waals surface area contributed by atoms with Crippen molar-refractivity contribution in [1.29, 1.82) is 0 Å². The lowest BCUT2D eigenvalue weighted by molar-refractivity contribution is -0.141. The van der Waals surface area contributed by atoms with E-state index in [1.165, 1.54) is 24.8 Å². The van der Waals surface area contributed by atoms with E-state index in [0.29, 0.717) is 60.2 Å². The number of aliphatic hydroxyl groups is 5. The van der Waals surface area contributed by atoms with Crippen LogP contribution >= 0.6 is 35.0 Å². The Kier molecular flexibility index (Phi) is 15.9. The normalized spacial score (nSPS) is 19.6. The fourth-order valence-corrected chi connectivity index (χ4v) is 8.89. The SMILES string of the molecule is CN(C[C@H](O)[C@@H](O)[C@H](O)[C@H](O)CO)C(=O)CN(CCCCCc1cc(Cl)c(CN2CSC[C@H]2C(=O)N2CCN(C3CC3)c3ccccc32)cc1Cl)CC(=O)O. The molecule has 0 radical (unpaired) electrons. The smallest absolute Gasteiger partial charge is 0.317 e. The summed E-state index contributed by atoms with van der Waals surface area (Å²) in [4.78, 5) is 47.5. The number of carbonyl (C=O) groups is 3. The van der Waals surface area contributed by atoms with E-state index in [1.54, 1.807) is 11.8 Å². The first-order valence-electron chi connectivity index (χ1n) is 18.8. The Hall–Kier alpha value is -2.70. The number of thioether (sulfide) groups is 1. The predicted octanol–water partition coefficient (Wildman–Crippen LogP) is 1.88. The molecule has 304 valence electrons. The molecule has 2 aliphatic heterocycles. The maximum Gasteiger partial charge on any atom is 0.317 e. The number of unbranched alkanes of at least 4 members (excludes halogenated alkanes) is 2. The minimum atomic E-state index is -1.82. The Morgan fingerprint density at radius 2 is 1.58 bits per heavy atom. The first kappa shape index (κ1) is 43.4. The molecule has 14 nitrogen and oxygen atoms in total. The van der Waals surface area contributed by atoms with Gasteiger partial charge in [0.1, 0.15) is 24.4 Å². The van der Waals surface area contributed by atoms with Crippen LogP contribution in [0.5, 0.6) is 0 Å². The van der Waals surface area contributed by atoms with Crippen molar-refractivity contribution in [2.75, 3.05) is 74.4 Å². The van der Waals surface area contributed by atoms with E-state index in [1.807, 2.05) is 35.2 Å². The summed E-state index contributed by atoms with van der Waals surface area (Å²) in [6, 6.07) is 12.3. The number of hydrogen-bond donors (Lipinski definition) is 6. The second kappa shape index (κ2) is 20.1. The van der Waals surface area contributed by atoms with Gasteiger partial charge in [-0.1, -0.05) is 41.8 Å². The molecule has 1 saturated heterocycles. The van der Waals surface area contributed by atoms with Crippen LogP contribution in [0.2, 0.25) is 10.0 Å². The van der Waals surface area contributed by atoms with E-state index in [2.05, 4.69) is 15.9 Å². The van der Waals surface area contributed by atoms with E-state index < -0.39 is 42.9 Å². The van der Waals surface area contributed by atoms with Crippen molar-refractivity contribution in [3.05, 3.63) is 57.6 Å². The number of para-hydroxylation sites is 2. The summed E-state index contributed by atoms with van der Waals surface area (Å²) >= 11 is 15.3. The zero-order valence-electron chi connectivity index (χ0n) is 31.1. The van der Waals surface area contributed by atoms with Crippen LogP contribution in [0.25, 0.3) is 0 Å². The van der Waals surface area contributed by atoms with Crippen LogP contribution in [-0.4, -0.2) is 164 Å². The molecule has 3 aliphatic rings. The summed E-state index contributed by atoms with van der Waals surface area (Å²) in [5.74, 6) is -0.0862. The monoisotopic (exact) mass is 825 g/mol. The van der Waals surface area contributed by atoms with Crippen LogP contribution in [0.15, 0.2) is 36.4 Å². The summed E-state index contributed by atoms with van der Waals surface area (Å²) in [5.41, 5.74) is 3.86. The second-order valence-corrected chi connectivity index (χ2v) is 16.5. The lowest BCUT2D eigenvalue weighted by Crippen LogP contribution is -2.52. The molecule has 0 aromatic heterocycles. The molecule has 5 rings (SSSR count). The molecule has 2 fully saturated rings. The molecule has 2 heterocycles. The van der Waals surface area contributed by atoms with Crippen molar-refractivity contribution in [2.45, 2.75) is 81.6 Å². The van der Waals surface area contributed by atoms with Crippen molar-refractivity contribution in [3.8, 4) is 0 Å². The van der Waals surface area contributed by atoms with E-state index >= 15 is 0 Å². The zero-order valence-corrected chi connectivity index (χ0v) is 33.4. The molecular weight excluding hydrogens is 773 g/mol. The molecule has 5 atom stereocenters. The molecule has 2 aromatic carbocycles. The van der Waals surface area contributed by atoms with Crippen LogP contribution in [0.3, 0.4) is 0 Å². The largest absolute Gasteiger partial charge is 0.480 e. The van der Waals surface area contributed by atoms with Gasteiger partial charge in [0.25, 0.3) is 0 Å². The van der Waals surface area contributed by atoms with Gasteiger partial charge in [-0.2, -0.15) is 0 Å². The number of amides is 2. The van der Waals surface area contributed by atoms with Gasteiger partial charge in [0.2, 0.25) is 11.8 Å². The third-order valence-electron chi connectivity index (χ3n) is 10.5. The van der Waals surface area contributed by atoms with Gasteiger partial charge < -0.3 is 45.3 Å². The quantitative estimate of drug-likeness (QED) is 0.106. The molecule has 6 N–H and O–H groups in total. The standard InChI is InChI=1S/C38H53Cl2N5O9S/c1-41(18-32(47)36(52)37(53)33(48)21-46)34(49)19-42(20-35(50)51)12-6-2-3-7-24-15-28(40)25(16-27(24)39)17-43-23-55-22-31(43)38(54)45-14-13-44(26-10-11-26)29-8-4-5-9-30(29)45/h4-5,8-9,15-16,26,31-33,36-37,46-48,52-53H,2-3,6-7,10-14,17-23H2,1H3,(H,50,51)/t31-,32-,33+,36+,37+/m0/s1. The topological polar surface area (TPSA) is 189 Å². The average molecular weight is 827 g/mol. The number of rotatable bonds is 20. The highest BCUT2D eigenvalue weighted by Crippen LogP contribution is 2.41. The summed E-state index contributed by atoms with van der Waals surface area (Å²) in [7, 11) is 1.37. The molecule has 0 unspecified atom stereocenters. The number of carboxylic acid groups (broad SMARTS) is 1. The molecule has 2 amide bonds. The molecular formula is C38H53Cl2N5O9S. The number of aliphatic hydroxyl groups excluding tert-OH is 5. The Labute approximate surface area is 336 Å². The number of aryl methyl sites for hydroxylation is 1. The Morgan fingerprint density at radius 1 is 0.909 bits per heavy atom. The Morgan fingerprint density at radius 3 is 2.27 bits per heavy atom. The number of aliphatic carboxylic acids is 1.